The van der Waals surface area contributed by atoms with Gasteiger partial charge < -0.3 is 10.5 Å². The standard InChI is InChI=1S/C11H14F2N2O/c1-16-9-4-8(2-3-15-9)10(7-14)5-11(12,13)6-10/h2-4H,5-7,14H2,1H3. The third-order valence-electron chi connectivity index (χ3n) is 3.14. The van der Waals surface area contributed by atoms with Crippen LogP contribution >= 0.6 is 0 Å². The molecule has 1 heterocycles. The quantitative estimate of drug-likeness (QED) is 0.856. The number of ether oxygens (including phenoxy) is 1. The van der Waals surface area contributed by atoms with Crippen molar-refractivity contribution in [2.75, 3.05) is 13.7 Å². The molecule has 0 radical (unpaired) electrons. The minimum Gasteiger partial charge on any atom is -0.481 e. The first-order valence-corrected chi connectivity index (χ1v) is 5.10. The minimum absolute atomic E-state index is 0.191. The fourth-order valence-corrected chi connectivity index (χ4v) is 2.26. The first kappa shape index (κ1) is 11.3. The van der Waals surface area contributed by atoms with E-state index in [1.165, 1.54) is 7.11 Å². The Morgan fingerprint density at radius 2 is 2.19 bits per heavy atom. The molecule has 88 valence electrons. The number of halogens is 2. The van der Waals surface area contributed by atoms with Gasteiger partial charge in [0, 0.05) is 37.1 Å². The normalized spacial score (nSPS) is 21.2. The molecule has 0 bridgehead atoms. The van der Waals surface area contributed by atoms with Gasteiger partial charge in [-0.05, 0) is 11.6 Å². The van der Waals surface area contributed by atoms with E-state index in [-0.39, 0.29) is 19.4 Å². The lowest BCUT2D eigenvalue weighted by atomic mass is 9.62. The number of pyridine rings is 1. The number of nitrogens with zero attached hydrogens (tertiary/aromatic N) is 1. The molecule has 0 atom stereocenters. The number of alkyl halides is 2. The molecular formula is C11H14F2N2O. The van der Waals surface area contributed by atoms with Crippen LogP contribution in [0.2, 0.25) is 0 Å². The molecule has 0 unspecified atom stereocenters. The summed E-state index contributed by atoms with van der Waals surface area (Å²) in [6, 6.07) is 3.41. The molecule has 1 saturated carbocycles. The summed E-state index contributed by atoms with van der Waals surface area (Å²) < 4.78 is 30.9. The maximum absolute atomic E-state index is 13.0. The van der Waals surface area contributed by atoms with Crippen LogP contribution in [0.15, 0.2) is 18.3 Å². The van der Waals surface area contributed by atoms with E-state index >= 15 is 0 Å². The van der Waals surface area contributed by atoms with Gasteiger partial charge in [-0.25, -0.2) is 13.8 Å². The SMILES string of the molecule is COc1cc(C2(CN)CC(F)(F)C2)ccn1. The van der Waals surface area contributed by atoms with Gasteiger partial charge in [0.15, 0.2) is 0 Å². The average molecular weight is 228 g/mol. The van der Waals surface area contributed by atoms with Crippen LogP contribution in [0.25, 0.3) is 0 Å². The van der Waals surface area contributed by atoms with E-state index in [4.69, 9.17) is 10.5 Å². The molecule has 0 aromatic carbocycles. The molecule has 1 aromatic heterocycles. The van der Waals surface area contributed by atoms with E-state index in [1.54, 1.807) is 18.3 Å². The van der Waals surface area contributed by atoms with Crippen LogP contribution < -0.4 is 10.5 Å². The topological polar surface area (TPSA) is 48.1 Å². The van der Waals surface area contributed by atoms with Crippen molar-refractivity contribution < 1.29 is 13.5 Å². The van der Waals surface area contributed by atoms with E-state index in [2.05, 4.69) is 4.98 Å². The minimum atomic E-state index is -2.59. The molecule has 5 heteroatoms. The van der Waals surface area contributed by atoms with Crippen LogP contribution in [0, 0.1) is 0 Å². The zero-order valence-corrected chi connectivity index (χ0v) is 9.04. The van der Waals surface area contributed by atoms with E-state index in [0.29, 0.717) is 5.88 Å². The average Bonchev–Trinajstić information content (AvgIpc) is 2.25. The largest absolute Gasteiger partial charge is 0.481 e. The molecule has 3 nitrogen and oxygen atoms in total. The molecule has 2 N–H and O–H groups in total. The predicted octanol–water partition coefficient (Wildman–Crippen LogP) is 1.72. The monoisotopic (exact) mass is 228 g/mol. The zero-order chi connectivity index (χ0) is 11.8. The van der Waals surface area contributed by atoms with Gasteiger partial charge in [0.05, 0.1) is 7.11 Å². The van der Waals surface area contributed by atoms with Gasteiger partial charge in [-0.1, -0.05) is 0 Å². The van der Waals surface area contributed by atoms with Gasteiger partial charge in [0.25, 0.3) is 0 Å². The lowest BCUT2D eigenvalue weighted by molar-refractivity contribution is -0.123. The maximum Gasteiger partial charge on any atom is 0.250 e. The van der Waals surface area contributed by atoms with Crippen LogP contribution in [-0.4, -0.2) is 24.6 Å². The molecule has 0 amide bonds. The van der Waals surface area contributed by atoms with Gasteiger partial charge in [-0.15, -0.1) is 0 Å². The highest BCUT2D eigenvalue weighted by molar-refractivity contribution is 5.33. The second-order valence-electron chi connectivity index (χ2n) is 4.28. The first-order chi connectivity index (χ1) is 7.51. The number of methoxy groups -OCH3 is 1. The Labute approximate surface area is 92.6 Å². The van der Waals surface area contributed by atoms with E-state index in [9.17, 15) is 8.78 Å². The Bertz CT molecular complexity index is 387. The molecule has 1 aliphatic carbocycles. The number of hydrogen-bond donors (Lipinski definition) is 1. The molecule has 16 heavy (non-hydrogen) atoms. The first-order valence-electron chi connectivity index (χ1n) is 5.10. The Morgan fingerprint density at radius 1 is 1.50 bits per heavy atom. The Kier molecular flexibility index (Phi) is 2.58. The van der Waals surface area contributed by atoms with Crippen LogP contribution in [0.3, 0.4) is 0 Å². The summed E-state index contributed by atoms with van der Waals surface area (Å²) in [7, 11) is 1.50. The number of rotatable bonds is 3. The maximum atomic E-state index is 13.0. The lowest BCUT2D eigenvalue weighted by Crippen LogP contribution is -2.53. The van der Waals surface area contributed by atoms with Crippen molar-refractivity contribution in [2.45, 2.75) is 24.2 Å². The van der Waals surface area contributed by atoms with Crippen LogP contribution in [0.4, 0.5) is 8.78 Å². The fourth-order valence-electron chi connectivity index (χ4n) is 2.26. The van der Waals surface area contributed by atoms with Crippen molar-refractivity contribution >= 4 is 0 Å². The van der Waals surface area contributed by atoms with E-state index in [0.717, 1.165) is 5.56 Å². The summed E-state index contributed by atoms with van der Waals surface area (Å²) in [5, 5.41) is 0. The number of aromatic nitrogens is 1. The van der Waals surface area contributed by atoms with Gasteiger partial charge in [0.1, 0.15) is 0 Å². The molecular weight excluding hydrogens is 214 g/mol. The van der Waals surface area contributed by atoms with Crippen LogP contribution in [0.5, 0.6) is 5.88 Å². The van der Waals surface area contributed by atoms with Crippen molar-refractivity contribution in [1.29, 1.82) is 0 Å². The third-order valence-corrected chi connectivity index (χ3v) is 3.14. The lowest BCUT2D eigenvalue weighted by Gasteiger charge is -2.47. The summed E-state index contributed by atoms with van der Waals surface area (Å²) in [6.07, 6.45) is 1.18. The summed E-state index contributed by atoms with van der Waals surface area (Å²) in [6.45, 7) is 0.218. The van der Waals surface area contributed by atoms with Crippen molar-refractivity contribution in [2.24, 2.45) is 5.73 Å². The van der Waals surface area contributed by atoms with Crippen molar-refractivity contribution in [3.8, 4) is 5.88 Å². The predicted molar refractivity (Wildman–Crippen MR) is 55.7 cm³/mol. The van der Waals surface area contributed by atoms with Gasteiger partial charge in [-0.3, -0.25) is 0 Å². The van der Waals surface area contributed by atoms with Gasteiger partial charge in [-0.2, -0.15) is 0 Å². The van der Waals surface area contributed by atoms with Crippen molar-refractivity contribution in [3.63, 3.8) is 0 Å². The zero-order valence-electron chi connectivity index (χ0n) is 9.04. The van der Waals surface area contributed by atoms with Gasteiger partial charge in [0.2, 0.25) is 11.8 Å². The highest BCUT2D eigenvalue weighted by Gasteiger charge is 2.56. The molecule has 1 aliphatic rings. The summed E-state index contributed by atoms with van der Waals surface area (Å²) in [5.74, 6) is -2.16. The molecule has 2 rings (SSSR count). The van der Waals surface area contributed by atoms with Crippen LogP contribution in [-0.2, 0) is 5.41 Å². The van der Waals surface area contributed by atoms with Crippen LogP contribution in [0.1, 0.15) is 18.4 Å². The second kappa shape index (κ2) is 3.66. The fraction of sp³-hybridized carbons (Fsp3) is 0.545. The number of nitrogens with two attached hydrogens (primary N) is 1. The smallest absolute Gasteiger partial charge is 0.250 e. The highest BCUT2D eigenvalue weighted by Crippen LogP contribution is 2.52. The summed E-state index contributed by atoms with van der Waals surface area (Å²) in [5.41, 5.74) is 5.79. The Morgan fingerprint density at radius 3 is 2.69 bits per heavy atom. The number of hydrogen-bond acceptors (Lipinski definition) is 3. The molecule has 0 aliphatic heterocycles. The Hall–Kier alpha value is -1.23. The Balaban J connectivity index is 2.28. The molecule has 0 saturated heterocycles. The highest BCUT2D eigenvalue weighted by atomic mass is 19.3. The van der Waals surface area contributed by atoms with E-state index < -0.39 is 11.3 Å². The third kappa shape index (κ3) is 1.75. The van der Waals surface area contributed by atoms with Gasteiger partial charge >= 0.3 is 0 Å². The molecule has 1 aromatic rings. The summed E-state index contributed by atoms with van der Waals surface area (Å²) in [4.78, 5) is 3.95. The summed E-state index contributed by atoms with van der Waals surface area (Å²) >= 11 is 0. The van der Waals surface area contributed by atoms with E-state index in [1.807, 2.05) is 0 Å². The van der Waals surface area contributed by atoms with Crippen molar-refractivity contribution in [1.82, 2.24) is 4.98 Å². The molecule has 1 fully saturated rings. The van der Waals surface area contributed by atoms with Crippen molar-refractivity contribution in [3.05, 3.63) is 23.9 Å². The second-order valence-corrected chi connectivity index (χ2v) is 4.28. The molecule has 0 spiro atoms.